The average Bonchev–Trinajstić information content (AvgIpc) is 1.68. The lowest BCUT2D eigenvalue weighted by Gasteiger charge is -1.84. The van der Waals surface area contributed by atoms with Gasteiger partial charge in [0.05, 0.1) is 0 Å². The van der Waals surface area contributed by atoms with Crippen LogP contribution in [0.25, 0.3) is 0 Å². The Morgan fingerprint density at radius 3 is 2.14 bits per heavy atom. The van der Waals surface area contributed by atoms with Crippen LogP contribution in [0.3, 0.4) is 0 Å². The molecular formula is C4H5O3. The summed E-state index contributed by atoms with van der Waals surface area (Å²) in [6, 6.07) is 0. The first-order valence-electron chi connectivity index (χ1n) is 1.86. The van der Waals surface area contributed by atoms with Gasteiger partial charge in [-0.05, 0) is 0 Å². The molecule has 0 spiro atoms. The van der Waals surface area contributed by atoms with E-state index in [1.165, 1.54) is 0 Å². The van der Waals surface area contributed by atoms with Gasteiger partial charge in [-0.1, -0.05) is 0 Å². The van der Waals surface area contributed by atoms with Crippen molar-refractivity contribution in [1.82, 2.24) is 0 Å². The molecule has 1 unspecified atom stereocenters. The van der Waals surface area contributed by atoms with Crippen LogP contribution in [-0.2, 0) is 14.7 Å². The third-order valence-corrected chi connectivity index (χ3v) is 0.480. The van der Waals surface area contributed by atoms with E-state index < -0.39 is 6.10 Å². The van der Waals surface area contributed by atoms with E-state index in [9.17, 15) is 14.7 Å². The molecule has 0 aliphatic rings. The molecule has 0 aliphatic heterocycles. The maximum atomic E-state index is 9.90. The Hall–Kier alpha value is -0.700. The minimum Gasteiger partial charge on any atom is -0.303 e. The van der Waals surface area contributed by atoms with Gasteiger partial charge in [0.2, 0.25) is 0 Å². The Labute approximate surface area is 41.0 Å². The van der Waals surface area contributed by atoms with E-state index in [1.807, 2.05) is 0 Å². The highest BCUT2D eigenvalue weighted by molar-refractivity contribution is 5.63. The first kappa shape index (κ1) is 6.30. The molecule has 7 heavy (non-hydrogen) atoms. The number of hydrogen-bond donors (Lipinski definition) is 0. The summed E-state index contributed by atoms with van der Waals surface area (Å²) < 4.78 is 0. The van der Waals surface area contributed by atoms with Crippen LogP contribution in [-0.4, -0.2) is 18.7 Å². The summed E-state index contributed by atoms with van der Waals surface area (Å²) in [5, 5.41) is 9.90. The standard InChI is InChI=1S/C4H5O3/c5-2-1-4(7)3-6/h2-4H,1H2. The summed E-state index contributed by atoms with van der Waals surface area (Å²) in [5.41, 5.74) is 0. The van der Waals surface area contributed by atoms with Crippen molar-refractivity contribution in [2.24, 2.45) is 0 Å². The number of carbonyl (C=O) groups is 2. The lowest BCUT2D eigenvalue weighted by atomic mass is 10.3. The molecule has 1 radical (unpaired) electrons. The van der Waals surface area contributed by atoms with Crippen molar-refractivity contribution in [2.45, 2.75) is 12.5 Å². The molecule has 0 bridgehead atoms. The minimum absolute atomic E-state index is 0.205. The summed E-state index contributed by atoms with van der Waals surface area (Å²) in [4.78, 5) is 18.8. The predicted molar refractivity (Wildman–Crippen MR) is 21.2 cm³/mol. The van der Waals surface area contributed by atoms with Crippen LogP contribution in [0.4, 0.5) is 0 Å². The van der Waals surface area contributed by atoms with Gasteiger partial charge in [-0.3, -0.25) is 0 Å². The van der Waals surface area contributed by atoms with Gasteiger partial charge in [0.1, 0.15) is 6.29 Å². The topological polar surface area (TPSA) is 54.0 Å². The SMILES string of the molecule is [O]C(C=O)CC=O. The van der Waals surface area contributed by atoms with E-state index in [0.717, 1.165) is 0 Å². The van der Waals surface area contributed by atoms with Crippen LogP contribution in [0.5, 0.6) is 0 Å². The van der Waals surface area contributed by atoms with Gasteiger partial charge in [0.15, 0.2) is 12.4 Å². The molecule has 0 amide bonds. The van der Waals surface area contributed by atoms with Crippen molar-refractivity contribution in [3.63, 3.8) is 0 Å². The maximum Gasteiger partial charge on any atom is 0.155 e. The Kier molecular flexibility index (Phi) is 3.14. The van der Waals surface area contributed by atoms with Crippen LogP contribution in [0.1, 0.15) is 6.42 Å². The third-order valence-electron chi connectivity index (χ3n) is 0.480. The van der Waals surface area contributed by atoms with Crippen LogP contribution < -0.4 is 0 Å². The van der Waals surface area contributed by atoms with E-state index >= 15 is 0 Å². The third kappa shape index (κ3) is 3.12. The summed E-state index contributed by atoms with van der Waals surface area (Å²) >= 11 is 0. The molecule has 0 aromatic rings. The molecule has 3 nitrogen and oxygen atoms in total. The molecule has 0 rings (SSSR count). The summed E-state index contributed by atoms with van der Waals surface area (Å²) in [6.07, 6.45) is -0.901. The fourth-order valence-electron chi connectivity index (χ4n) is 0.150. The normalized spacial score (nSPS) is 12.7. The molecule has 0 N–H and O–H groups in total. The van der Waals surface area contributed by atoms with Gasteiger partial charge in [-0.25, -0.2) is 5.11 Å². The molecule has 0 heterocycles. The average molecular weight is 101 g/mol. The predicted octanol–water partition coefficient (Wildman–Crippen LogP) is -0.427. The number of aldehydes is 2. The van der Waals surface area contributed by atoms with E-state index in [-0.39, 0.29) is 12.7 Å². The van der Waals surface area contributed by atoms with Gasteiger partial charge in [-0.15, -0.1) is 0 Å². The van der Waals surface area contributed by atoms with E-state index in [1.54, 1.807) is 0 Å². The van der Waals surface area contributed by atoms with Crippen molar-refractivity contribution in [3.8, 4) is 0 Å². The fourth-order valence-corrected chi connectivity index (χ4v) is 0.150. The zero-order valence-corrected chi connectivity index (χ0v) is 3.66. The number of hydrogen-bond acceptors (Lipinski definition) is 2. The molecule has 3 heteroatoms. The summed E-state index contributed by atoms with van der Waals surface area (Å²) in [5.74, 6) is 0. The zero-order valence-electron chi connectivity index (χ0n) is 3.66. The zero-order chi connectivity index (χ0) is 5.70. The molecule has 0 aromatic heterocycles. The molecule has 0 aliphatic carbocycles. The molecule has 0 saturated heterocycles. The monoisotopic (exact) mass is 101 g/mol. The first-order chi connectivity index (χ1) is 3.31. The second kappa shape index (κ2) is 3.49. The molecule has 0 fully saturated rings. The van der Waals surface area contributed by atoms with Crippen molar-refractivity contribution in [3.05, 3.63) is 0 Å². The smallest absolute Gasteiger partial charge is 0.155 e. The van der Waals surface area contributed by atoms with Gasteiger partial charge in [0, 0.05) is 6.42 Å². The van der Waals surface area contributed by atoms with Crippen molar-refractivity contribution in [1.29, 1.82) is 0 Å². The highest BCUT2D eigenvalue weighted by atomic mass is 16.3. The minimum atomic E-state index is -1.35. The molecule has 1 atom stereocenters. The lowest BCUT2D eigenvalue weighted by molar-refractivity contribution is -0.122. The first-order valence-corrected chi connectivity index (χ1v) is 1.86. The van der Waals surface area contributed by atoms with Crippen LogP contribution in [0.2, 0.25) is 0 Å². The van der Waals surface area contributed by atoms with Crippen molar-refractivity contribution < 1.29 is 14.7 Å². The molecule has 0 saturated carbocycles. The lowest BCUT2D eigenvalue weighted by Crippen LogP contribution is -2.04. The quantitative estimate of drug-likeness (QED) is 0.453. The highest BCUT2D eigenvalue weighted by Crippen LogP contribution is 1.79. The van der Waals surface area contributed by atoms with E-state index in [2.05, 4.69) is 0 Å². The molecule has 39 valence electrons. The Balaban J connectivity index is 3.15. The largest absolute Gasteiger partial charge is 0.303 e. The number of rotatable bonds is 3. The fraction of sp³-hybridized carbons (Fsp3) is 0.500. The second-order valence-electron chi connectivity index (χ2n) is 1.08. The summed E-state index contributed by atoms with van der Waals surface area (Å²) in [6.45, 7) is 0. The summed E-state index contributed by atoms with van der Waals surface area (Å²) in [7, 11) is 0. The van der Waals surface area contributed by atoms with E-state index in [4.69, 9.17) is 0 Å². The van der Waals surface area contributed by atoms with Crippen LogP contribution in [0.15, 0.2) is 0 Å². The highest BCUT2D eigenvalue weighted by Gasteiger charge is 1.98. The Bertz CT molecular complexity index is 69.3. The van der Waals surface area contributed by atoms with Gasteiger partial charge < -0.3 is 9.59 Å². The Morgan fingerprint density at radius 1 is 1.43 bits per heavy atom. The van der Waals surface area contributed by atoms with Crippen LogP contribution >= 0.6 is 0 Å². The second-order valence-corrected chi connectivity index (χ2v) is 1.08. The van der Waals surface area contributed by atoms with Crippen molar-refractivity contribution in [2.75, 3.05) is 0 Å². The Morgan fingerprint density at radius 2 is 2.00 bits per heavy atom. The van der Waals surface area contributed by atoms with Crippen molar-refractivity contribution >= 4 is 12.6 Å². The molecule has 0 aromatic carbocycles. The van der Waals surface area contributed by atoms with Gasteiger partial charge >= 0.3 is 0 Å². The maximum absolute atomic E-state index is 9.90. The number of carbonyl (C=O) groups excluding carboxylic acids is 2. The van der Waals surface area contributed by atoms with Gasteiger partial charge in [-0.2, -0.15) is 0 Å². The van der Waals surface area contributed by atoms with E-state index in [0.29, 0.717) is 6.29 Å². The molecular weight excluding hydrogens is 96.0 g/mol. The van der Waals surface area contributed by atoms with Gasteiger partial charge in [0.25, 0.3) is 0 Å². The van der Waals surface area contributed by atoms with Crippen LogP contribution in [0, 0.1) is 0 Å².